The van der Waals surface area contributed by atoms with E-state index in [1.807, 2.05) is 30.3 Å². The van der Waals surface area contributed by atoms with Crippen LogP contribution in [0.1, 0.15) is 36.8 Å². The molecule has 236 valence electrons. The van der Waals surface area contributed by atoms with Gasteiger partial charge < -0.3 is 19.7 Å². The molecule has 12 heteroatoms. The lowest BCUT2D eigenvalue weighted by atomic mass is 10.0. The first-order valence-electron chi connectivity index (χ1n) is 14.3. The van der Waals surface area contributed by atoms with Crippen LogP contribution in [0.4, 0.5) is 5.69 Å². The fourth-order valence-corrected chi connectivity index (χ4v) is 6.72. The second-order valence-corrected chi connectivity index (χ2v) is 13.4. The normalized spacial score (nSPS) is 14.1. The van der Waals surface area contributed by atoms with Crippen molar-refractivity contribution in [3.05, 3.63) is 87.9 Å². The van der Waals surface area contributed by atoms with E-state index in [0.717, 1.165) is 41.8 Å². The average Bonchev–Trinajstić information content (AvgIpc) is 3.51. The summed E-state index contributed by atoms with van der Waals surface area (Å²) in [5.41, 5.74) is 1.39. The Kier molecular flexibility index (Phi) is 11.4. The molecule has 1 atom stereocenters. The molecule has 0 unspecified atom stereocenters. The Morgan fingerprint density at radius 2 is 1.61 bits per heavy atom. The Hall–Kier alpha value is -3.47. The molecule has 0 aliphatic heterocycles. The summed E-state index contributed by atoms with van der Waals surface area (Å²) < 4.78 is 38.1. The van der Waals surface area contributed by atoms with E-state index in [-0.39, 0.29) is 36.4 Å². The average molecular weight is 663 g/mol. The van der Waals surface area contributed by atoms with E-state index in [0.29, 0.717) is 21.4 Å². The van der Waals surface area contributed by atoms with Crippen LogP contribution < -0.4 is 19.1 Å². The van der Waals surface area contributed by atoms with Crippen molar-refractivity contribution in [3.8, 4) is 11.5 Å². The van der Waals surface area contributed by atoms with Crippen molar-refractivity contribution in [2.24, 2.45) is 0 Å². The fourth-order valence-electron chi connectivity index (χ4n) is 5.36. The minimum absolute atomic E-state index is 0.00445. The minimum Gasteiger partial charge on any atom is -0.497 e. The van der Waals surface area contributed by atoms with E-state index in [4.69, 9.17) is 32.7 Å². The maximum absolute atomic E-state index is 14.4. The number of methoxy groups -OCH3 is 2. The largest absolute Gasteiger partial charge is 0.497 e. The van der Waals surface area contributed by atoms with Crippen molar-refractivity contribution >= 4 is 50.7 Å². The summed E-state index contributed by atoms with van der Waals surface area (Å²) in [7, 11) is -1.16. The number of hydrogen-bond acceptors (Lipinski definition) is 6. The van der Waals surface area contributed by atoms with E-state index in [9.17, 15) is 18.0 Å². The van der Waals surface area contributed by atoms with Crippen molar-refractivity contribution in [1.29, 1.82) is 0 Å². The van der Waals surface area contributed by atoms with Crippen LogP contribution in [0, 0.1) is 0 Å². The number of halogens is 2. The molecule has 1 aliphatic rings. The molecule has 3 aromatic rings. The molecule has 1 N–H and O–H groups in total. The van der Waals surface area contributed by atoms with Crippen LogP contribution in [-0.4, -0.2) is 64.2 Å². The Morgan fingerprint density at radius 1 is 0.955 bits per heavy atom. The molecular formula is C32H37Cl2N3O6S. The number of rotatable bonds is 13. The standard InChI is InChI=1S/C32H37Cl2N3O6S/c1-42-24-16-17-30(43-2)28(19-24)37(44(3,40)41)21-31(38)36(20-25-26(33)14-9-15-27(25)34)29(18-22-10-5-4-6-11-22)32(39)35-23-12-7-8-13-23/h4-6,9-11,14-17,19,23,29H,7-8,12-13,18,20-21H2,1-3H3,(H,35,39)/t29-/m1/s1. The molecule has 1 saturated carbocycles. The van der Waals surface area contributed by atoms with Gasteiger partial charge in [0.25, 0.3) is 0 Å². The van der Waals surface area contributed by atoms with Crippen LogP contribution >= 0.6 is 23.2 Å². The van der Waals surface area contributed by atoms with E-state index in [1.54, 1.807) is 30.3 Å². The van der Waals surface area contributed by atoms with Crippen LogP contribution in [0.25, 0.3) is 0 Å². The Labute approximate surface area is 269 Å². The number of carbonyl (C=O) groups excluding carboxylic acids is 2. The van der Waals surface area contributed by atoms with Gasteiger partial charge in [0.05, 0.1) is 26.2 Å². The highest BCUT2D eigenvalue weighted by Gasteiger charge is 2.35. The number of nitrogens with zero attached hydrogens (tertiary/aromatic N) is 2. The molecule has 3 aromatic carbocycles. The zero-order chi connectivity index (χ0) is 31.9. The number of benzene rings is 3. The third kappa shape index (κ3) is 8.37. The topological polar surface area (TPSA) is 105 Å². The molecule has 1 aliphatic carbocycles. The lowest BCUT2D eigenvalue weighted by Gasteiger charge is -2.34. The quantitative estimate of drug-likeness (QED) is 0.260. The van der Waals surface area contributed by atoms with E-state index >= 15 is 0 Å². The molecule has 1 fully saturated rings. The molecule has 9 nitrogen and oxygen atoms in total. The maximum atomic E-state index is 14.4. The predicted molar refractivity (Wildman–Crippen MR) is 173 cm³/mol. The molecule has 0 bridgehead atoms. The molecule has 0 spiro atoms. The number of sulfonamides is 1. The highest BCUT2D eigenvalue weighted by Crippen LogP contribution is 2.34. The maximum Gasteiger partial charge on any atom is 0.244 e. The van der Waals surface area contributed by atoms with Crippen molar-refractivity contribution < 1.29 is 27.5 Å². The minimum atomic E-state index is -4.02. The summed E-state index contributed by atoms with van der Waals surface area (Å²) in [6, 6.07) is 18.0. The molecule has 2 amide bonds. The number of ether oxygens (including phenoxy) is 2. The van der Waals surface area contributed by atoms with E-state index < -0.39 is 28.5 Å². The zero-order valence-corrected chi connectivity index (χ0v) is 27.3. The van der Waals surface area contributed by atoms with Gasteiger partial charge in [0.1, 0.15) is 24.1 Å². The Morgan fingerprint density at radius 3 is 2.20 bits per heavy atom. The first kappa shape index (κ1) is 33.4. The van der Waals surface area contributed by atoms with Crippen molar-refractivity contribution in [2.45, 2.75) is 50.7 Å². The van der Waals surface area contributed by atoms with Gasteiger partial charge in [-0.05, 0) is 42.7 Å². The first-order chi connectivity index (χ1) is 21.0. The highest BCUT2D eigenvalue weighted by atomic mass is 35.5. The molecule has 0 saturated heterocycles. The molecule has 4 rings (SSSR count). The summed E-state index contributed by atoms with van der Waals surface area (Å²) in [5, 5.41) is 3.77. The van der Waals surface area contributed by atoms with Crippen molar-refractivity contribution in [1.82, 2.24) is 10.2 Å². The third-order valence-corrected chi connectivity index (χ3v) is 9.53. The predicted octanol–water partition coefficient (Wildman–Crippen LogP) is 5.48. The second kappa shape index (κ2) is 15.0. The van der Waals surface area contributed by atoms with Crippen LogP contribution in [0.3, 0.4) is 0 Å². The Bertz CT molecular complexity index is 1550. The van der Waals surface area contributed by atoms with Crippen LogP contribution in [0.15, 0.2) is 66.7 Å². The summed E-state index contributed by atoms with van der Waals surface area (Å²) in [5.74, 6) is -0.357. The molecular weight excluding hydrogens is 625 g/mol. The van der Waals surface area contributed by atoms with E-state index in [2.05, 4.69) is 5.32 Å². The van der Waals surface area contributed by atoms with Gasteiger partial charge in [-0.15, -0.1) is 0 Å². The summed E-state index contributed by atoms with van der Waals surface area (Å²) in [6.45, 7) is -0.744. The molecule has 0 aromatic heterocycles. The summed E-state index contributed by atoms with van der Waals surface area (Å²) in [4.78, 5) is 29.8. The van der Waals surface area contributed by atoms with Crippen molar-refractivity contribution in [2.75, 3.05) is 31.3 Å². The van der Waals surface area contributed by atoms with Gasteiger partial charge >= 0.3 is 0 Å². The van der Waals surface area contributed by atoms with Crippen LogP contribution in [0.5, 0.6) is 11.5 Å². The van der Waals surface area contributed by atoms with E-state index in [1.165, 1.54) is 25.2 Å². The molecule has 44 heavy (non-hydrogen) atoms. The zero-order valence-electron chi connectivity index (χ0n) is 25.0. The van der Waals surface area contributed by atoms with Gasteiger partial charge in [-0.3, -0.25) is 13.9 Å². The number of nitrogens with one attached hydrogen (secondary N) is 1. The lowest BCUT2D eigenvalue weighted by Crippen LogP contribution is -2.54. The highest BCUT2D eigenvalue weighted by molar-refractivity contribution is 7.92. The lowest BCUT2D eigenvalue weighted by molar-refractivity contribution is -0.140. The smallest absolute Gasteiger partial charge is 0.244 e. The monoisotopic (exact) mass is 661 g/mol. The first-order valence-corrected chi connectivity index (χ1v) is 16.9. The molecule has 0 heterocycles. The van der Waals surface area contributed by atoms with Gasteiger partial charge in [0, 0.05) is 40.7 Å². The Balaban J connectivity index is 1.80. The second-order valence-electron chi connectivity index (χ2n) is 10.7. The fraction of sp³-hybridized carbons (Fsp3) is 0.375. The number of amides is 2. The third-order valence-electron chi connectivity index (χ3n) is 7.70. The van der Waals surface area contributed by atoms with Gasteiger partial charge in [-0.25, -0.2) is 8.42 Å². The van der Waals surface area contributed by atoms with Gasteiger partial charge in [-0.1, -0.05) is 72.4 Å². The SMILES string of the molecule is COc1ccc(OC)c(N(CC(=O)N(Cc2c(Cl)cccc2Cl)[C@H](Cc2ccccc2)C(=O)NC2CCCC2)S(C)(=O)=O)c1. The summed E-state index contributed by atoms with van der Waals surface area (Å²) >= 11 is 13.1. The number of hydrogen-bond donors (Lipinski definition) is 1. The van der Waals surface area contributed by atoms with Crippen molar-refractivity contribution in [3.63, 3.8) is 0 Å². The van der Waals surface area contributed by atoms with Crippen LogP contribution in [0.2, 0.25) is 10.0 Å². The summed E-state index contributed by atoms with van der Waals surface area (Å²) in [6.07, 6.45) is 4.92. The molecule has 0 radical (unpaired) electrons. The number of carbonyl (C=O) groups is 2. The van der Waals surface area contributed by atoms with Gasteiger partial charge in [0.2, 0.25) is 21.8 Å². The number of anilines is 1. The van der Waals surface area contributed by atoms with Gasteiger partial charge in [0.15, 0.2) is 0 Å². The van der Waals surface area contributed by atoms with Crippen LogP contribution in [-0.2, 0) is 32.6 Å². The van der Waals surface area contributed by atoms with Gasteiger partial charge in [-0.2, -0.15) is 0 Å².